The highest BCUT2D eigenvalue weighted by atomic mass is 32.2. The number of hydrogen-bond donors (Lipinski definition) is 2. The number of nitrogens with one attached hydrogen (secondary N) is 2. The van der Waals surface area contributed by atoms with Crippen LogP contribution in [0.5, 0.6) is 0 Å². The van der Waals surface area contributed by atoms with Gasteiger partial charge in [0, 0.05) is 5.69 Å². The Balaban J connectivity index is 1.64. The third-order valence-electron chi connectivity index (χ3n) is 4.38. The Hall–Kier alpha value is -3.39. The quantitative estimate of drug-likeness (QED) is 0.392. The van der Waals surface area contributed by atoms with Gasteiger partial charge < -0.3 is 5.32 Å². The molecule has 1 amide bonds. The maximum absolute atomic E-state index is 13.0. The summed E-state index contributed by atoms with van der Waals surface area (Å²) in [6, 6.07) is 15.2. The number of aromatic nitrogens is 4. The van der Waals surface area contributed by atoms with E-state index < -0.39 is 0 Å². The van der Waals surface area contributed by atoms with Gasteiger partial charge in [-0.1, -0.05) is 41.6 Å². The minimum Gasteiger partial charge on any atom is -0.325 e. The monoisotopic (exact) mass is 405 g/mol. The number of benzene rings is 2. The Morgan fingerprint density at radius 1 is 1.14 bits per heavy atom. The molecule has 2 aromatic carbocycles. The van der Waals surface area contributed by atoms with Crippen LogP contribution in [-0.2, 0) is 4.79 Å². The minimum absolute atomic E-state index is 0.117. The molecule has 2 heterocycles. The number of anilines is 1. The largest absolute Gasteiger partial charge is 0.325 e. The Morgan fingerprint density at radius 2 is 1.93 bits per heavy atom. The second kappa shape index (κ2) is 7.92. The Morgan fingerprint density at radius 3 is 2.69 bits per heavy atom. The molecule has 0 aliphatic heterocycles. The molecule has 0 saturated carbocycles. The molecule has 0 saturated heterocycles. The molecule has 146 valence electrons. The standard InChI is InChI=1S/C21H19N5O2S/c1-13-6-8-15(9-7-13)23-18(27)12-29-21-24-19-17(11-22-25-19)20(28)26(21)16-5-3-4-14(2)10-16/h3-11H,12H2,1-2H3,(H,22,25)(H,23,27). The number of fused-ring (bicyclic) bond motifs is 1. The van der Waals surface area contributed by atoms with Crippen molar-refractivity contribution in [1.29, 1.82) is 0 Å². The highest BCUT2D eigenvalue weighted by Gasteiger charge is 2.16. The van der Waals surface area contributed by atoms with Crippen LogP contribution < -0.4 is 10.9 Å². The van der Waals surface area contributed by atoms with Crippen molar-refractivity contribution in [3.63, 3.8) is 0 Å². The summed E-state index contributed by atoms with van der Waals surface area (Å²) in [6.07, 6.45) is 1.47. The number of hydrogen-bond acceptors (Lipinski definition) is 5. The van der Waals surface area contributed by atoms with Crippen LogP contribution in [0, 0.1) is 13.8 Å². The highest BCUT2D eigenvalue weighted by Crippen LogP contribution is 2.21. The van der Waals surface area contributed by atoms with Crippen molar-refractivity contribution in [2.75, 3.05) is 11.1 Å². The number of H-pyrrole nitrogens is 1. The molecule has 2 N–H and O–H groups in total. The van der Waals surface area contributed by atoms with Crippen molar-refractivity contribution in [2.45, 2.75) is 19.0 Å². The second-order valence-corrected chi connectivity index (χ2v) is 7.65. The van der Waals surface area contributed by atoms with E-state index in [0.29, 0.717) is 21.9 Å². The van der Waals surface area contributed by atoms with E-state index in [0.717, 1.165) is 16.8 Å². The van der Waals surface area contributed by atoms with Gasteiger partial charge in [0.05, 0.1) is 17.6 Å². The molecular weight excluding hydrogens is 386 g/mol. The number of amides is 1. The molecule has 0 spiro atoms. The summed E-state index contributed by atoms with van der Waals surface area (Å²) in [5.41, 5.74) is 3.75. The molecule has 2 aromatic heterocycles. The van der Waals surface area contributed by atoms with Gasteiger partial charge in [-0.3, -0.25) is 19.3 Å². The molecule has 4 aromatic rings. The summed E-state index contributed by atoms with van der Waals surface area (Å²) >= 11 is 1.20. The number of carbonyl (C=O) groups is 1. The minimum atomic E-state index is -0.226. The van der Waals surface area contributed by atoms with Gasteiger partial charge in [0.15, 0.2) is 10.8 Å². The van der Waals surface area contributed by atoms with E-state index in [1.165, 1.54) is 22.5 Å². The van der Waals surface area contributed by atoms with Crippen LogP contribution in [0.15, 0.2) is 64.7 Å². The summed E-state index contributed by atoms with van der Waals surface area (Å²) in [6.45, 7) is 3.95. The summed E-state index contributed by atoms with van der Waals surface area (Å²) in [7, 11) is 0. The fourth-order valence-corrected chi connectivity index (χ4v) is 3.74. The number of rotatable bonds is 5. The first-order chi connectivity index (χ1) is 14.0. The van der Waals surface area contributed by atoms with Crippen molar-refractivity contribution in [3.8, 4) is 5.69 Å². The second-order valence-electron chi connectivity index (χ2n) is 6.71. The summed E-state index contributed by atoms with van der Waals surface area (Å²) in [5.74, 6) is -0.0557. The van der Waals surface area contributed by atoms with Crippen LogP contribution in [0.2, 0.25) is 0 Å². The Bertz CT molecular complexity index is 1240. The molecule has 0 atom stereocenters. The zero-order valence-corrected chi connectivity index (χ0v) is 16.8. The van der Waals surface area contributed by atoms with Crippen LogP contribution in [0.25, 0.3) is 16.7 Å². The lowest BCUT2D eigenvalue weighted by atomic mass is 10.2. The van der Waals surface area contributed by atoms with E-state index in [2.05, 4.69) is 20.5 Å². The van der Waals surface area contributed by atoms with Crippen molar-refractivity contribution in [2.24, 2.45) is 0 Å². The van der Waals surface area contributed by atoms with Crippen LogP contribution in [-0.4, -0.2) is 31.4 Å². The van der Waals surface area contributed by atoms with Crippen molar-refractivity contribution < 1.29 is 4.79 Å². The lowest BCUT2D eigenvalue weighted by Crippen LogP contribution is -2.22. The lowest BCUT2D eigenvalue weighted by Gasteiger charge is -2.12. The smallest absolute Gasteiger partial charge is 0.269 e. The number of aryl methyl sites for hydroxylation is 2. The molecule has 0 unspecified atom stereocenters. The molecular formula is C21H19N5O2S. The third kappa shape index (κ3) is 4.07. The summed E-state index contributed by atoms with van der Waals surface area (Å²) < 4.78 is 1.52. The van der Waals surface area contributed by atoms with Gasteiger partial charge in [0.25, 0.3) is 5.56 Å². The van der Waals surface area contributed by atoms with E-state index in [1.807, 2.05) is 62.4 Å². The molecule has 7 nitrogen and oxygen atoms in total. The highest BCUT2D eigenvalue weighted by molar-refractivity contribution is 7.99. The molecule has 4 rings (SSSR count). The predicted molar refractivity (Wildman–Crippen MR) is 115 cm³/mol. The summed E-state index contributed by atoms with van der Waals surface area (Å²) in [4.78, 5) is 30.0. The lowest BCUT2D eigenvalue weighted by molar-refractivity contribution is -0.113. The molecule has 0 aliphatic carbocycles. The average molecular weight is 405 g/mol. The maximum Gasteiger partial charge on any atom is 0.269 e. The first kappa shape index (κ1) is 18.9. The Labute approximate surface area is 171 Å². The van der Waals surface area contributed by atoms with Gasteiger partial charge in [-0.15, -0.1) is 0 Å². The van der Waals surface area contributed by atoms with E-state index in [-0.39, 0.29) is 17.2 Å². The van der Waals surface area contributed by atoms with Gasteiger partial charge in [0.2, 0.25) is 5.91 Å². The van der Waals surface area contributed by atoms with E-state index in [1.54, 1.807) is 0 Å². The zero-order chi connectivity index (χ0) is 20.4. The first-order valence-electron chi connectivity index (χ1n) is 9.04. The topological polar surface area (TPSA) is 92.7 Å². The molecule has 8 heteroatoms. The Kier molecular flexibility index (Phi) is 5.18. The number of thioether (sulfide) groups is 1. The number of aromatic amines is 1. The fourth-order valence-electron chi connectivity index (χ4n) is 2.93. The van der Waals surface area contributed by atoms with Gasteiger partial charge in [-0.2, -0.15) is 5.10 Å². The van der Waals surface area contributed by atoms with Crippen molar-refractivity contribution in [3.05, 3.63) is 76.2 Å². The maximum atomic E-state index is 13.0. The number of nitrogens with zero attached hydrogens (tertiary/aromatic N) is 3. The molecule has 29 heavy (non-hydrogen) atoms. The molecule has 0 aliphatic rings. The number of carbonyl (C=O) groups excluding carboxylic acids is 1. The van der Waals surface area contributed by atoms with Crippen LogP contribution in [0.3, 0.4) is 0 Å². The SMILES string of the molecule is Cc1ccc(NC(=O)CSc2nc3[nH]ncc3c(=O)n2-c2cccc(C)c2)cc1. The molecule has 0 radical (unpaired) electrons. The van der Waals surface area contributed by atoms with E-state index in [9.17, 15) is 9.59 Å². The van der Waals surface area contributed by atoms with E-state index >= 15 is 0 Å². The van der Waals surface area contributed by atoms with Crippen molar-refractivity contribution >= 4 is 34.4 Å². The summed E-state index contributed by atoms with van der Waals surface area (Å²) in [5, 5.41) is 10.3. The van der Waals surface area contributed by atoms with Gasteiger partial charge >= 0.3 is 0 Å². The van der Waals surface area contributed by atoms with Crippen LogP contribution >= 0.6 is 11.8 Å². The van der Waals surface area contributed by atoms with Crippen molar-refractivity contribution in [1.82, 2.24) is 19.7 Å². The first-order valence-corrected chi connectivity index (χ1v) is 10.0. The normalized spacial score (nSPS) is 11.0. The van der Waals surface area contributed by atoms with Crippen LogP contribution in [0.4, 0.5) is 5.69 Å². The third-order valence-corrected chi connectivity index (χ3v) is 5.32. The fraction of sp³-hybridized carbons (Fsp3) is 0.143. The molecule has 0 fully saturated rings. The predicted octanol–water partition coefficient (Wildman–Crippen LogP) is 3.46. The van der Waals surface area contributed by atoms with E-state index in [4.69, 9.17) is 0 Å². The van der Waals surface area contributed by atoms with Gasteiger partial charge in [-0.05, 0) is 43.7 Å². The van der Waals surface area contributed by atoms with Gasteiger partial charge in [0.1, 0.15) is 5.39 Å². The van der Waals surface area contributed by atoms with Crippen LogP contribution in [0.1, 0.15) is 11.1 Å². The van der Waals surface area contributed by atoms with Gasteiger partial charge in [-0.25, -0.2) is 4.98 Å². The molecule has 0 bridgehead atoms. The average Bonchev–Trinajstić information content (AvgIpc) is 3.17. The zero-order valence-electron chi connectivity index (χ0n) is 16.0.